The highest BCUT2D eigenvalue weighted by Crippen LogP contribution is 2.24. The highest BCUT2D eigenvalue weighted by molar-refractivity contribution is 7.99. The molecule has 70 valence electrons. The molecule has 0 saturated carbocycles. The summed E-state index contributed by atoms with van der Waals surface area (Å²) in [7, 11) is 0. The zero-order chi connectivity index (χ0) is 9.10. The van der Waals surface area contributed by atoms with E-state index in [9.17, 15) is 0 Å². The summed E-state index contributed by atoms with van der Waals surface area (Å²) in [6.45, 7) is 2.25. The minimum atomic E-state index is 0.898. The van der Waals surface area contributed by atoms with Crippen molar-refractivity contribution in [3.8, 4) is 0 Å². The third-order valence-corrected chi connectivity index (χ3v) is 3.23. The Bertz CT molecular complexity index is 282. The smallest absolute Gasteiger partial charge is 0.0600 e. The molecule has 1 aromatic rings. The first-order chi connectivity index (χ1) is 6.38. The minimum Gasteiger partial charge on any atom is -0.397 e. The van der Waals surface area contributed by atoms with E-state index in [1.807, 2.05) is 30.0 Å². The molecule has 1 aliphatic heterocycles. The number of thioether (sulfide) groups is 1. The van der Waals surface area contributed by atoms with Crippen molar-refractivity contribution in [2.24, 2.45) is 0 Å². The van der Waals surface area contributed by atoms with Crippen LogP contribution in [-0.2, 0) is 0 Å². The molecule has 0 spiro atoms. The van der Waals surface area contributed by atoms with Crippen molar-refractivity contribution >= 4 is 23.1 Å². The van der Waals surface area contributed by atoms with Crippen LogP contribution in [0, 0.1) is 0 Å². The van der Waals surface area contributed by atoms with Gasteiger partial charge < -0.3 is 10.6 Å². The number of nitrogens with zero attached hydrogens (tertiary/aromatic N) is 1. The third-order valence-electron chi connectivity index (χ3n) is 2.29. The van der Waals surface area contributed by atoms with Crippen LogP contribution in [0.3, 0.4) is 0 Å². The first kappa shape index (κ1) is 8.75. The molecule has 2 N–H and O–H groups in total. The van der Waals surface area contributed by atoms with Crippen LogP contribution in [0.4, 0.5) is 11.4 Å². The lowest BCUT2D eigenvalue weighted by Gasteiger charge is -2.29. The number of nitrogen functional groups attached to an aromatic ring is 1. The molecule has 3 heteroatoms. The topological polar surface area (TPSA) is 29.3 Å². The molecule has 0 unspecified atom stereocenters. The molecule has 13 heavy (non-hydrogen) atoms. The van der Waals surface area contributed by atoms with E-state index in [-0.39, 0.29) is 0 Å². The van der Waals surface area contributed by atoms with Crippen LogP contribution >= 0.6 is 11.8 Å². The van der Waals surface area contributed by atoms with Crippen LogP contribution in [0.5, 0.6) is 0 Å². The zero-order valence-electron chi connectivity index (χ0n) is 7.57. The third kappa shape index (κ3) is 1.91. The summed E-state index contributed by atoms with van der Waals surface area (Å²) < 4.78 is 0. The molecule has 0 radical (unpaired) electrons. The van der Waals surface area contributed by atoms with Crippen molar-refractivity contribution in [2.75, 3.05) is 35.2 Å². The first-order valence-corrected chi connectivity index (χ1v) is 5.70. The molecule has 2 nitrogen and oxygen atoms in total. The molecule has 1 aliphatic rings. The molecule has 1 aromatic carbocycles. The summed E-state index contributed by atoms with van der Waals surface area (Å²) in [5.41, 5.74) is 8.00. The van der Waals surface area contributed by atoms with Gasteiger partial charge in [-0.15, -0.1) is 0 Å². The van der Waals surface area contributed by atoms with Gasteiger partial charge in [-0.25, -0.2) is 0 Å². The SMILES string of the molecule is Nc1ccccc1N1CCSCC1. The average Bonchev–Trinajstić information content (AvgIpc) is 2.20. The molecule has 1 heterocycles. The van der Waals surface area contributed by atoms with Crippen LogP contribution in [0.1, 0.15) is 0 Å². The molecule has 0 aliphatic carbocycles. The second-order valence-corrected chi connectivity index (χ2v) is 4.38. The average molecular weight is 194 g/mol. The molecule has 1 fully saturated rings. The Balaban J connectivity index is 2.18. The lowest BCUT2D eigenvalue weighted by atomic mass is 10.2. The summed E-state index contributed by atoms with van der Waals surface area (Å²) in [4.78, 5) is 2.37. The number of hydrogen-bond acceptors (Lipinski definition) is 3. The van der Waals surface area contributed by atoms with Crippen LogP contribution in [0.15, 0.2) is 24.3 Å². The summed E-state index contributed by atoms with van der Waals surface area (Å²) >= 11 is 2.02. The summed E-state index contributed by atoms with van der Waals surface area (Å²) in [6, 6.07) is 8.10. The number of hydrogen-bond donors (Lipinski definition) is 1. The fraction of sp³-hybridized carbons (Fsp3) is 0.400. The Labute approximate surface area is 83.1 Å². The molecular weight excluding hydrogens is 180 g/mol. The van der Waals surface area contributed by atoms with Crippen molar-refractivity contribution in [1.82, 2.24) is 0 Å². The van der Waals surface area contributed by atoms with Gasteiger partial charge in [-0.2, -0.15) is 11.8 Å². The number of nitrogens with two attached hydrogens (primary N) is 1. The second kappa shape index (κ2) is 3.92. The number of rotatable bonds is 1. The molecule has 0 amide bonds. The van der Waals surface area contributed by atoms with E-state index < -0.39 is 0 Å². The maximum Gasteiger partial charge on any atom is 0.0600 e. The molecule has 0 atom stereocenters. The number of para-hydroxylation sites is 2. The van der Waals surface area contributed by atoms with Crippen molar-refractivity contribution < 1.29 is 0 Å². The van der Waals surface area contributed by atoms with Crippen molar-refractivity contribution in [2.45, 2.75) is 0 Å². The van der Waals surface area contributed by atoms with E-state index in [0.29, 0.717) is 0 Å². The van der Waals surface area contributed by atoms with Gasteiger partial charge in [0.25, 0.3) is 0 Å². The van der Waals surface area contributed by atoms with Gasteiger partial charge in [0, 0.05) is 24.6 Å². The molecule has 0 bridgehead atoms. The first-order valence-electron chi connectivity index (χ1n) is 4.55. The van der Waals surface area contributed by atoms with E-state index in [0.717, 1.165) is 18.8 Å². The van der Waals surface area contributed by atoms with Crippen molar-refractivity contribution in [1.29, 1.82) is 0 Å². The Morgan fingerprint density at radius 3 is 2.54 bits per heavy atom. The lowest BCUT2D eigenvalue weighted by Crippen LogP contribution is -2.32. The van der Waals surface area contributed by atoms with E-state index >= 15 is 0 Å². The normalized spacial score (nSPS) is 17.4. The maximum absolute atomic E-state index is 5.90. The molecular formula is C10H14N2S. The largest absolute Gasteiger partial charge is 0.397 e. The van der Waals surface area contributed by atoms with Gasteiger partial charge in [0.1, 0.15) is 0 Å². The summed E-state index contributed by atoms with van der Waals surface area (Å²) in [5, 5.41) is 0. The van der Waals surface area contributed by atoms with Gasteiger partial charge in [-0.05, 0) is 12.1 Å². The molecule has 1 saturated heterocycles. The van der Waals surface area contributed by atoms with Crippen LogP contribution in [0.25, 0.3) is 0 Å². The van der Waals surface area contributed by atoms with Crippen LogP contribution in [-0.4, -0.2) is 24.6 Å². The number of benzene rings is 1. The quantitative estimate of drug-likeness (QED) is 0.691. The van der Waals surface area contributed by atoms with E-state index in [2.05, 4.69) is 11.0 Å². The predicted octanol–water partition coefficient (Wildman–Crippen LogP) is 1.82. The fourth-order valence-electron chi connectivity index (χ4n) is 1.58. The van der Waals surface area contributed by atoms with E-state index in [4.69, 9.17) is 5.73 Å². The van der Waals surface area contributed by atoms with Gasteiger partial charge in [-0.3, -0.25) is 0 Å². The van der Waals surface area contributed by atoms with E-state index in [1.54, 1.807) is 0 Å². The highest BCUT2D eigenvalue weighted by atomic mass is 32.2. The maximum atomic E-state index is 5.90. The van der Waals surface area contributed by atoms with Gasteiger partial charge in [0.15, 0.2) is 0 Å². The molecule has 0 aromatic heterocycles. The van der Waals surface area contributed by atoms with E-state index in [1.165, 1.54) is 17.2 Å². The Kier molecular flexibility index (Phi) is 2.64. The van der Waals surface area contributed by atoms with Crippen LogP contribution < -0.4 is 10.6 Å². The predicted molar refractivity (Wildman–Crippen MR) is 60.4 cm³/mol. The Morgan fingerprint density at radius 1 is 1.15 bits per heavy atom. The zero-order valence-corrected chi connectivity index (χ0v) is 8.39. The van der Waals surface area contributed by atoms with Gasteiger partial charge in [0.2, 0.25) is 0 Å². The Hall–Kier alpha value is -0.830. The highest BCUT2D eigenvalue weighted by Gasteiger charge is 2.12. The van der Waals surface area contributed by atoms with Gasteiger partial charge in [-0.1, -0.05) is 12.1 Å². The number of anilines is 2. The Morgan fingerprint density at radius 2 is 1.85 bits per heavy atom. The molecule has 2 rings (SSSR count). The van der Waals surface area contributed by atoms with Gasteiger partial charge >= 0.3 is 0 Å². The monoisotopic (exact) mass is 194 g/mol. The van der Waals surface area contributed by atoms with Crippen molar-refractivity contribution in [3.63, 3.8) is 0 Å². The minimum absolute atomic E-state index is 0.898. The summed E-state index contributed by atoms with van der Waals surface area (Å²) in [6.07, 6.45) is 0. The fourth-order valence-corrected chi connectivity index (χ4v) is 2.48. The standard InChI is InChI=1S/C10H14N2S/c11-9-3-1-2-4-10(9)12-5-7-13-8-6-12/h1-4H,5-8,11H2. The van der Waals surface area contributed by atoms with Gasteiger partial charge in [0.05, 0.1) is 11.4 Å². The second-order valence-electron chi connectivity index (χ2n) is 3.16. The lowest BCUT2D eigenvalue weighted by molar-refractivity contribution is 0.860. The van der Waals surface area contributed by atoms with Crippen LogP contribution in [0.2, 0.25) is 0 Å². The summed E-state index contributed by atoms with van der Waals surface area (Å²) in [5.74, 6) is 2.43. The van der Waals surface area contributed by atoms with Crippen molar-refractivity contribution in [3.05, 3.63) is 24.3 Å².